The lowest BCUT2D eigenvalue weighted by Gasteiger charge is -2.29. The summed E-state index contributed by atoms with van der Waals surface area (Å²) in [5, 5.41) is 4.51. The molecule has 1 saturated heterocycles. The molecule has 4 rings (SSSR count). The van der Waals surface area contributed by atoms with Gasteiger partial charge in [0, 0.05) is 41.0 Å². The van der Waals surface area contributed by atoms with E-state index in [1.807, 2.05) is 24.3 Å². The molecule has 3 aromatic rings. The van der Waals surface area contributed by atoms with Gasteiger partial charge >= 0.3 is 0 Å². The number of nitrogens with zero attached hydrogens (tertiary/aromatic N) is 3. The van der Waals surface area contributed by atoms with Gasteiger partial charge in [0.25, 0.3) is 5.91 Å². The number of hydrogen-bond acceptors (Lipinski definition) is 4. The Labute approximate surface area is 176 Å². The van der Waals surface area contributed by atoms with Crippen molar-refractivity contribution in [3.05, 3.63) is 59.4 Å². The predicted molar refractivity (Wildman–Crippen MR) is 117 cm³/mol. The second-order valence-electron chi connectivity index (χ2n) is 7.69. The van der Waals surface area contributed by atoms with Crippen molar-refractivity contribution in [1.29, 1.82) is 0 Å². The molecule has 150 valence electrons. The Balaban J connectivity index is 1.63. The number of aromatic nitrogens is 2. The molecule has 0 radical (unpaired) electrons. The highest BCUT2D eigenvalue weighted by Gasteiger charge is 2.19. The molecule has 1 aromatic carbocycles. The number of piperidine rings is 1. The van der Waals surface area contributed by atoms with E-state index in [4.69, 9.17) is 16.6 Å². The highest BCUT2D eigenvalue weighted by molar-refractivity contribution is 6.31. The van der Waals surface area contributed by atoms with Crippen LogP contribution in [-0.4, -0.2) is 46.5 Å². The van der Waals surface area contributed by atoms with E-state index in [1.54, 1.807) is 24.5 Å². The van der Waals surface area contributed by atoms with Crippen molar-refractivity contribution in [3.8, 4) is 11.3 Å². The fourth-order valence-electron chi connectivity index (χ4n) is 3.92. The number of nitrogens with one attached hydrogen (secondary N) is 1. The van der Waals surface area contributed by atoms with Crippen molar-refractivity contribution < 1.29 is 4.79 Å². The first-order valence-electron chi connectivity index (χ1n) is 10.1. The van der Waals surface area contributed by atoms with Gasteiger partial charge in [0.05, 0.1) is 16.8 Å². The number of carbonyl (C=O) groups is 1. The van der Waals surface area contributed by atoms with Gasteiger partial charge in [-0.3, -0.25) is 9.78 Å². The normalized spacial score (nSPS) is 15.9. The summed E-state index contributed by atoms with van der Waals surface area (Å²) in [5.74, 6) is -0.102. The summed E-state index contributed by atoms with van der Waals surface area (Å²) in [5.41, 5.74) is 2.92. The second-order valence-corrected chi connectivity index (χ2v) is 8.13. The molecular weight excluding hydrogens is 384 g/mol. The lowest BCUT2D eigenvalue weighted by atomic mass is 10.0. The molecule has 0 unspecified atom stereocenters. The number of amides is 1. The minimum atomic E-state index is -0.102. The Hall–Kier alpha value is -2.50. The van der Waals surface area contributed by atoms with Crippen molar-refractivity contribution >= 4 is 28.4 Å². The molecule has 0 saturated carbocycles. The molecule has 6 heteroatoms. The average Bonchev–Trinajstić information content (AvgIpc) is 2.74. The summed E-state index contributed by atoms with van der Waals surface area (Å²) < 4.78 is 0. The Bertz CT molecular complexity index is 1000. The van der Waals surface area contributed by atoms with Crippen LogP contribution in [0.2, 0.25) is 5.02 Å². The fraction of sp³-hybridized carbons (Fsp3) is 0.348. The zero-order valence-corrected chi connectivity index (χ0v) is 17.3. The standard InChI is InChI=1S/C23H25ClN4O/c1-16(15-28-10-3-2-4-11-28)26-23(29)20-13-22(17-6-5-9-25-14-17)27-21-8-7-18(24)12-19(20)21/h5-9,12-14,16H,2-4,10-11,15H2,1H3,(H,26,29)/t16-/m1/s1. The maximum absolute atomic E-state index is 13.2. The molecule has 5 nitrogen and oxygen atoms in total. The summed E-state index contributed by atoms with van der Waals surface area (Å²) in [7, 11) is 0. The highest BCUT2D eigenvalue weighted by Crippen LogP contribution is 2.27. The van der Waals surface area contributed by atoms with Crippen LogP contribution in [0.1, 0.15) is 36.5 Å². The summed E-state index contributed by atoms with van der Waals surface area (Å²) in [6.07, 6.45) is 7.26. The quantitative estimate of drug-likeness (QED) is 0.672. The van der Waals surface area contributed by atoms with Gasteiger partial charge < -0.3 is 10.2 Å². The Morgan fingerprint density at radius 2 is 2.03 bits per heavy atom. The first-order valence-corrected chi connectivity index (χ1v) is 10.5. The largest absolute Gasteiger partial charge is 0.348 e. The van der Waals surface area contributed by atoms with Crippen LogP contribution >= 0.6 is 11.6 Å². The van der Waals surface area contributed by atoms with E-state index in [2.05, 4.69) is 22.1 Å². The molecule has 1 fully saturated rings. The topological polar surface area (TPSA) is 58.1 Å². The lowest BCUT2D eigenvalue weighted by Crippen LogP contribution is -2.43. The molecule has 1 amide bonds. The summed E-state index contributed by atoms with van der Waals surface area (Å²) >= 11 is 6.21. The third-order valence-corrected chi connectivity index (χ3v) is 5.57. The summed E-state index contributed by atoms with van der Waals surface area (Å²) in [6, 6.07) is 11.2. The van der Waals surface area contributed by atoms with E-state index >= 15 is 0 Å². The van der Waals surface area contributed by atoms with Crippen LogP contribution in [0.15, 0.2) is 48.8 Å². The molecule has 29 heavy (non-hydrogen) atoms. The third kappa shape index (κ3) is 4.74. The van der Waals surface area contributed by atoms with Crippen LogP contribution in [0, 0.1) is 0 Å². The van der Waals surface area contributed by atoms with Crippen LogP contribution in [0.25, 0.3) is 22.2 Å². The van der Waals surface area contributed by atoms with Crippen LogP contribution in [0.4, 0.5) is 0 Å². The molecular formula is C23H25ClN4O. The molecule has 0 bridgehead atoms. The second kappa shape index (κ2) is 8.89. The van der Waals surface area contributed by atoms with E-state index in [1.165, 1.54) is 19.3 Å². The van der Waals surface area contributed by atoms with Gasteiger partial charge in [-0.2, -0.15) is 0 Å². The van der Waals surface area contributed by atoms with Gasteiger partial charge in [0.2, 0.25) is 0 Å². The zero-order valence-electron chi connectivity index (χ0n) is 16.6. The molecule has 1 aliphatic rings. The summed E-state index contributed by atoms with van der Waals surface area (Å²) in [6.45, 7) is 5.15. The Kier molecular flexibility index (Phi) is 6.07. The van der Waals surface area contributed by atoms with Crippen molar-refractivity contribution in [2.24, 2.45) is 0 Å². The lowest BCUT2D eigenvalue weighted by molar-refractivity contribution is 0.0927. The van der Waals surface area contributed by atoms with Crippen LogP contribution in [0.5, 0.6) is 0 Å². The highest BCUT2D eigenvalue weighted by atomic mass is 35.5. The van der Waals surface area contributed by atoms with Crippen molar-refractivity contribution in [2.75, 3.05) is 19.6 Å². The van der Waals surface area contributed by atoms with Crippen molar-refractivity contribution in [3.63, 3.8) is 0 Å². The maximum atomic E-state index is 13.2. The number of pyridine rings is 2. The molecule has 1 N–H and O–H groups in total. The van der Waals surface area contributed by atoms with Gasteiger partial charge in [-0.05, 0) is 69.3 Å². The van der Waals surface area contributed by atoms with Crippen LogP contribution in [0.3, 0.4) is 0 Å². The van der Waals surface area contributed by atoms with Crippen molar-refractivity contribution in [2.45, 2.75) is 32.2 Å². The van der Waals surface area contributed by atoms with Crippen LogP contribution < -0.4 is 5.32 Å². The first-order chi connectivity index (χ1) is 14.1. The molecule has 0 spiro atoms. The van der Waals surface area contributed by atoms with E-state index in [-0.39, 0.29) is 11.9 Å². The van der Waals surface area contributed by atoms with Gasteiger partial charge in [0.1, 0.15) is 0 Å². The maximum Gasteiger partial charge on any atom is 0.252 e. The smallest absolute Gasteiger partial charge is 0.252 e. The molecule has 3 heterocycles. The molecule has 1 atom stereocenters. The van der Waals surface area contributed by atoms with E-state index in [9.17, 15) is 4.79 Å². The van der Waals surface area contributed by atoms with Crippen LogP contribution in [-0.2, 0) is 0 Å². The van der Waals surface area contributed by atoms with E-state index < -0.39 is 0 Å². The number of halogens is 1. The number of fused-ring (bicyclic) bond motifs is 1. The van der Waals surface area contributed by atoms with Gasteiger partial charge in [0.15, 0.2) is 0 Å². The Morgan fingerprint density at radius 3 is 2.79 bits per heavy atom. The SMILES string of the molecule is C[C@H](CN1CCCCC1)NC(=O)c1cc(-c2cccnc2)nc2ccc(Cl)cc12. The first kappa shape index (κ1) is 19.8. The number of likely N-dealkylation sites (tertiary alicyclic amines) is 1. The predicted octanol–water partition coefficient (Wildman–Crippen LogP) is 4.55. The number of carbonyl (C=O) groups excluding carboxylic acids is 1. The zero-order chi connectivity index (χ0) is 20.2. The molecule has 2 aromatic heterocycles. The number of hydrogen-bond donors (Lipinski definition) is 1. The van der Waals surface area contributed by atoms with Gasteiger partial charge in [-0.1, -0.05) is 18.0 Å². The summed E-state index contributed by atoms with van der Waals surface area (Å²) in [4.78, 5) is 24.5. The third-order valence-electron chi connectivity index (χ3n) is 5.33. The minimum absolute atomic E-state index is 0.0600. The monoisotopic (exact) mass is 408 g/mol. The molecule has 0 aliphatic carbocycles. The van der Waals surface area contributed by atoms with Gasteiger partial charge in [-0.15, -0.1) is 0 Å². The van der Waals surface area contributed by atoms with Gasteiger partial charge in [-0.25, -0.2) is 4.98 Å². The number of benzene rings is 1. The fourth-order valence-corrected chi connectivity index (χ4v) is 4.10. The van der Waals surface area contributed by atoms with Crippen molar-refractivity contribution in [1.82, 2.24) is 20.2 Å². The van der Waals surface area contributed by atoms with E-state index in [0.29, 0.717) is 10.6 Å². The minimum Gasteiger partial charge on any atom is -0.348 e. The number of rotatable bonds is 5. The van der Waals surface area contributed by atoms with E-state index in [0.717, 1.165) is 41.8 Å². The Morgan fingerprint density at radius 1 is 1.21 bits per heavy atom. The molecule has 1 aliphatic heterocycles. The average molecular weight is 409 g/mol.